The smallest absolute Gasteiger partial charge is 0.298 e. The van der Waals surface area contributed by atoms with Crippen molar-refractivity contribution in [3.05, 3.63) is 42.0 Å². The van der Waals surface area contributed by atoms with Gasteiger partial charge in [0, 0.05) is 32.5 Å². The molecule has 3 aromatic rings. The Morgan fingerprint density at radius 2 is 2.22 bits per heavy atom. The van der Waals surface area contributed by atoms with Crippen molar-refractivity contribution in [2.24, 2.45) is 0 Å². The van der Waals surface area contributed by atoms with E-state index in [1.54, 1.807) is 6.20 Å². The first-order valence-corrected chi connectivity index (χ1v) is 9.37. The summed E-state index contributed by atoms with van der Waals surface area (Å²) in [5, 5.41) is 0. The van der Waals surface area contributed by atoms with E-state index in [9.17, 15) is 4.79 Å². The van der Waals surface area contributed by atoms with Crippen molar-refractivity contribution in [2.45, 2.75) is 39.3 Å². The zero-order valence-corrected chi connectivity index (χ0v) is 16.1. The molecular formula is C20H25N5O2. The van der Waals surface area contributed by atoms with Crippen LogP contribution in [0.4, 0.5) is 6.01 Å². The number of hydrogen-bond acceptors (Lipinski definition) is 5. The molecule has 2 aromatic heterocycles. The highest BCUT2D eigenvalue weighted by atomic mass is 16.4. The van der Waals surface area contributed by atoms with Gasteiger partial charge in [0.1, 0.15) is 17.9 Å². The first kappa shape index (κ1) is 17.6. The van der Waals surface area contributed by atoms with Crippen LogP contribution in [0, 0.1) is 13.8 Å². The van der Waals surface area contributed by atoms with Crippen LogP contribution in [0.15, 0.2) is 35.0 Å². The molecule has 7 heteroatoms. The van der Waals surface area contributed by atoms with Crippen LogP contribution in [0.25, 0.3) is 11.1 Å². The molecule has 1 aliphatic heterocycles. The molecule has 0 N–H and O–H groups in total. The number of rotatable bonds is 4. The Morgan fingerprint density at radius 3 is 2.96 bits per heavy atom. The van der Waals surface area contributed by atoms with Gasteiger partial charge < -0.3 is 18.8 Å². The minimum Gasteiger partial charge on any atom is -0.423 e. The van der Waals surface area contributed by atoms with Crippen LogP contribution in [-0.2, 0) is 11.3 Å². The van der Waals surface area contributed by atoms with E-state index in [4.69, 9.17) is 4.42 Å². The van der Waals surface area contributed by atoms with Crippen molar-refractivity contribution in [3.8, 4) is 0 Å². The number of aromatic nitrogens is 3. The molecule has 0 saturated carbocycles. The molecule has 142 valence electrons. The third kappa shape index (κ3) is 3.41. The number of oxazole rings is 1. The van der Waals surface area contributed by atoms with Crippen LogP contribution in [0.5, 0.6) is 0 Å². The number of fused-ring (bicyclic) bond motifs is 1. The van der Waals surface area contributed by atoms with Gasteiger partial charge in [-0.25, -0.2) is 4.98 Å². The number of benzene rings is 1. The molecule has 1 atom stereocenters. The summed E-state index contributed by atoms with van der Waals surface area (Å²) in [6.07, 6.45) is 5.57. The molecule has 0 radical (unpaired) electrons. The summed E-state index contributed by atoms with van der Waals surface area (Å²) >= 11 is 0. The van der Waals surface area contributed by atoms with Gasteiger partial charge >= 0.3 is 0 Å². The third-order valence-electron chi connectivity index (χ3n) is 5.43. The predicted molar refractivity (Wildman–Crippen MR) is 104 cm³/mol. The number of piperidine rings is 1. The van der Waals surface area contributed by atoms with Crippen LogP contribution in [-0.4, -0.2) is 51.5 Å². The van der Waals surface area contributed by atoms with E-state index in [0.29, 0.717) is 19.1 Å². The lowest BCUT2D eigenvalue weighted by Gasteiger charge is -2.37. The Balaban J connectivity index is 1.47. The van der Waals surface area contributed by atoms with Crippen molar-refractivity contribution >= 4 is 23.0 Å². The SMILES string of the molecule is Cc1cccc2nc(N(C)C3CCCN(C(=O)Cn4ccnc4C)C3)oc12. The number of likely N-dealkylation sites (N-methyl/N-ethyl adjacent to an activating group) is 1. The maximum absolute atomic E-state index is 12.7. The Hall–Kier alpha value is -2.83. The van der Waals surface area contributed by atoms with Crippen LogP contribution < -0.4 is 4.90 Å². The van der Waals surface area contributed by atoms with Crippen LogP contribution in [0.2, 0.25) is 0 Å². The van der Waals surface area contributed by atoms with Gasteiger partial charge in [0.25, 0.3) is 6.01 Å². The predicted octanol–water partition coefficient (Wildman–Crippen LogP) is 2.77. The second kappa shape index (κ2) is 7.06. The fraction of sp³-hybridized carbons (Fsp3) is 0.450. The zero-order valence-electron chi connectivity index (χ0n) is 16.1. The Labute approximate surface area is 158 Å². The molecular weight excluding hydrogens is 342 g/mol. The quantitative estimate of drug-likeness (QED) is 0.709. The van der Waals surface area contributed by atoms with Gasteiger partial charge in [-0.2, -0.15) is 4.98 Å². The molecule has 1 fully saturated rings. The fourth-order valence-corrected chi connectivity index (χ4v) is 3.70. The second-order valence-electron chi connectivity index (χ2n) is 7.27. The van der Waals surface area contributed by atoms with E-state index < -0.39 is 0 Å². The number of imidazole rings is 1. The number of carbonyl (C=O) groups excluding carboxylic acids is 1. The number of anilines is 1. The molecule has 1 aliphatic rings. The minimum atomic E-state index is 0.127. The summed E-state index contributed by atoms with van der Waals surface area (Å²) in [7, 11) is 2.00. The number of para-hydroxylation sites is 1. The summed E-state index contributed by atoms with van der Waals surface area (Å²) < 4.78 is 7.90. The van der Waals surface area contributed by atoms with Crippen LogP contribution in [0.1, 0.15) is 24.2 Å². The summed E-state index contributed by atoms with van der Waals surface area (Å²) in [5.41, 5.74) is 2.78. The lowest BCUT2D eigenvalue weighted by Crippen LogP contribution is -2.49. The maximum atomic E-state index is 12.7. The summed E-state index contributed by atoms with van der Waals surface area (Å²) in [5.74, 6) is 0.985. The van der Waals surface area contributed by atoms with E-state index in [2.05, 4.69) is 14.9 Å². The summed E-state index contributed by atoms with van der Waals surface area (Å²) in [4.78, 5) is 25.6. The number of aryl methyl sites for hydroxylation is 2. The average Bonchev–Trinajstić information content (AvgIpc) is 3.28. The highest BCUT2D eigenvalue weighted by Gasteiger charge is 2.28. The van der Waals surface area contributed by atoms with Gasteiger partial charge in [0.15, 0.2) is 5.58 Å². The molecule has 4 rings (SSSR count). The molecule has 0 aliphatic carbocycles. The first-order chi connectivity index (χ1) is 13.0. The number of hydrogen-bond donors (Lipinski definition) is 0. The number of nitrogens with zero attached hydrogens (tertiary/aromatic N) is 5. The van der Waals surface area contributed by atoms with Crippen molar-refractivity contribution in [1.29, 1.82) is 0 Å². The van der Waals surface area contributed by atoms with Gasteiger partial charge in [0.05, 0.1) is 6.04 Å². The van der Waals surface area contributed by atoms with E-state index in [-0.39, 0.29) is 11.9 Å². The number of likely N-dealkylation sites (tertiary alicyclic amines) is 1. The highest BCUT2D eigenvalue weighted by Crippen LogP contribution is 2.27. The van der Waals surface area contributed by atoms with Gasteiger partial charge in [-0.05, 0) is 38.3 Å². The van der Waals surface area contributed by atoms with Gasteiger partial charge in [0.2, 0.25) is 5.91 Å². The van der Waals surface area contributed by atoms with Crippen LogP contribution >= 0.6 is 0 Å². The van der Waals surface area contributed by atoms with E-state index in [1.807, 2.05) is 54.8 Å². The molecule has 7 nitrogen and oxygen atoms in total. The van der Waals surface area contributed by atoms with Crippen molar-refractivity contribution in [2.75, 3.05) is 25.0 Å². The van der Waals surface area contributed by atoms with Gasteiger partial charge in [-0.1, -0.05) is 12.1 Å². The molecule has 1 saturated heterocycles. The molecule has 27 heavy (non-hydrogen) atoms. The molecule has 1 unspecified atom stereocenters. The molecule has 0 spiro atoms. The number of carbonyl (C=O) groups is 1. The third-order valence-corrected chi connectivity index (χ3v) is 5.43. The summed E-state index contributed by atoms with van der Waals surface area (Å²) in [6.45, 7) is 5.75. The molecule has 3 heterocycles. The molecule has 1 aromatic carbocycles. The first-order valence-electron chi connectivity index (χ1n) is 9.37. The monoisotopic (exact) mass is 367 g/mol. The van der Waals surface area contributed by atoms with Crippen molar-refractivity contribution in [1.82, 2.24) is 19.4 Å². The Bertz CT molecular complexity index is 960. The Kier molecular flexibility index (Phi) is 4.59. The van der Waals surface area contributed by atoms with E-state index >= 15 is 0 Å². The number of amides is 1. The largest absolute Gasteiger partial charge is 0.423 e. The standard InChI is InChI=1S/C20H25N5O2/c1-14-6-4-8-17-19(14)27-20(22-17)23(3)16-7-5-10-25(12-16)18(26)13-24-11-9-21-15(24)2/h4,6,8-9,11,16H,5,7,10,12-13H2,1-3H3. The second-order valence-corrected chi connectivity index (χ2v) is 7.27. The normalized spacial score (nSPS) is 17.4. The summed E-state index contributed by atoms with van der Waals surface area (Å²) in [6, 6.07) is 6.79. The van der Waals surface area contributed by atoms with Gasteiger partial charge in [-0.15, -0.1) is 0 Å². The molecule has 0 bridgehead atoms. The zero-order chi connectivity index (χ0) is 19.0. The lowest BCUT2D eigenvalue weighted by molar-refractivity contribution is -0.133. The van der Waals surface area contributed by atoms with Crippen LogP contribution in [0.3, 0.4) is 0 Å². The topological polar surface area (TPSA) is 67.4 Å². The van der Waals surface area contributed by atoms with E-state index in [1.165, 1.54) is 0 Å². The average molecular weight is 367 g/mol. The minimum absolute atomic E-state index is 0.127. The molecule has 1 amide bonds. The fourth-order valence-electron chi connectivity index (χ4n) is 3.70. The maximum Gasteiger partial charge on any atom is 0.298 e. The van der Waals surface area contributed by atoms with Crippen molar-refractivity contribution in [3.63, 3.8) is 0 Å². The lowest BCUT2D eigenvalue weighted by atomic mass is 10.0. The highest BCUT2D eigenvalue weighted by molar-refractivity contribution is 5.78. The van der Waals surface area contributed by atoms with Gasteiger partial charge in [-0.3, -0.25) is 4.79 Å². The van der Waals surface area contributed by atoms with Crippen molar-refractivity contribution < 1.29 is 9.21 Å². The Morgan fingerprint density at radius 1 is 1.37 bits per heavy atom. The van der Waals surface area contributed by atoms with E-state index in [0.717, 1.165) is 41.9 Å².